The van der Waals surface area contributed by atoms with Crippen LogP contribution in [-0.4, -0.2) is 7.11 Å². The van der Waals surface area contributed by atoms with E-state index in [1.54, 1.807) is 12.1 Å². The van der Waals surface area contributed by atoms with Crippen molar-refractivity contribution in [3.63, 3.8) is 0 Å². The molecule has 1 unspecified atom stereocenters. The molecule has 0 amide bonds. The van der Waals surface area contributed by atoms with E-state index < -0.39 is 17.8 Å². The molecule has 1 heterocycles. The summed E-state index contributed by atoms with van der Waals surface area (Å²) >= 11 is 0. The number of hydrogen-bond acceptors (Lipinski definition) is 3. The Bertz CT molecular complexity index is 578. The highest BCUT2D eigenvalue weighted by Gasteiger charge is 2.35. The van der Waals surface area contributed by atoms with Crippen LogP contribution >= 0.6 is 0 Å². The van der Waals surface area contributed by atoms with Crippen molar-refractivity contribution in [1.82, 2.24) is 0 Å². The number of furan rings is 1. The summed E-state index contributed by atoms with van der Waals surface area (Å²) in [5.41, 5.74) is 5.12. The van der Waals surface area contributed by atoms with Crippen molar-refractivity contribution < 1.29 is 22.3 Å². The summed E-state index contributed by atoms with van der Waals surface area (Å²) in [4.78, 5) is 0. The second kappa shape index (κ2) is 5.68. The second-order valence-corrected chi connectivity index (χ2v) is 4.30. The Morgan fingerprint density at radius 3 is 2.55 bits per heavy atom. The number of halogens is 3. The fourth-order valence-corrected chi connectivity index (χ4v) is 1.96. The minimum atomic E-state index is -4.45. The van der Waals surface area contributed by atoms with Gasteiger partial charge in [-0.25, -0.2) is 0 Å². The average Bonchev–Trinajstić information content (AvgIpc) is 2.86. The van der Waals surface area contributed by atoms with Gasteiger partial charge in [-0.2, -0.15) is 13.2 Å². The molecule has 1 atom stereocenters. The molecule has 0 saturated heterocycles. The third kappa shape index (κ3) is 3.02. The zero-order chi connectivity index (χ0) is 14.8. The van der Waals surface area contributed by atoms with Crippen LogP contribution in [0.1, 0.15) is 28.7 Å². The normalized spacial score (nSPS) is 13.4. The molecule has 20 heavy (non-hydrogen) atoms. The number of benzene rings is 1. The van der Waals surface area contributed by atoms with Crippen LogP contribution in [0, 0.1) is 0 Å². The Balaban J connectivity index is 2.35. The zero-order valence-electron chi connectivity index (χ0n) is 10.8. The van der Waals surface area contributed by atoms with Crippen molar-refractivity contribution in [2.24, 2.45) is 5.73 Å². The molecular formula is C14H14F3NO2. The van der Waals surface area contributed by atoms with Gasteiger partial charge in [0.2, 0.25) is 0 Å². The zero-order valence-corrected chi connectivity index (χ0v) is 10.8. The number of hydrogen-bond donors (Lipinski definition) is 1. The summed E-state index contributed by atoms with van der Waals surface area (Å²) in [6.07, 6.45) is -4.45. The molecular weight excluding hydrogens is 271 g/mol. The van der Waals surface area contributed by atoms with Crippen LogP contribution in [0.25, 0.3) is 0 Å². The second-order valence-electron chi connectivity index (χ2n) is 4.30. The molecule has 108 valence electrons. The van der Waals surface area contributed by atoms with Gasteiger partial charge >= 0.3 is 6.18 Å². The van der Waals surface area contributed by atoms with E-state index in [0.717, 1.165) is 6.07 Å². The number of ether oxygens (including phenoxy) is 1. The van der Waals surface area contributed by atoms with Crippen LogP contribution in [0.2, 0.25) is 0 Å². The van der Waals surface area contributed by atoms with Crippen LogP contribution in [0.15, 0.2) is 40.8 Å². The van der Waals surface area contributed by atoms with Gasteiger partial charge in [0.15, 0.2) is 0 Å². The van der Waals surface area contributed by atoms with Gasteiger partial charge in [0.05, 0.1) is 11.6 Å². The Labute approximate surface area is 114 Å². The highest BCUT2D eigenvalue weighted by Crippen LogP contribution is 2.35. The molecule has 0 aliphatic heterocycles. The predicted molar refractivity (Wildman–Crippen MR) is 66.9 cm³/mol. The first kappa shape index (κ1) is 14.6. The maximum Gasteiger partial charge on any atom is 0.416 e. The van der Waals surface area contributed by atoms with E-state index in [9.17, 15) is 13.2 Å². The minimum absolute atomic E-state index is 0.0154. The SMILES string of the molecule is COCc1ccc(C(N)c2ccccc2C(F)(F)F)o1. The quantitative estimate of drug-likeness (QED) is 0.935. The van der Waals surface area contributed by atoms with Gasteiger partial charge in [-0.1, -0.05) is 18.2 Å². The molecule has 3 nitrogen and oxygen atoms in total. The molecule has 0 saturated carbocycles. The van der Waals surface area contributed by atoms with Crippen LogP contribution in [0.4, 0.5) is 13.2 Å². The van der Waals surface area contributed by atoms with Crippen LogP contribution in [0.5, 0.6) is 0 Å². The molecule has 1 aromatic heterocycles. The lowest BCUT2D eigenvalue weighted by Gasteiger charge is -2.16. The Morgan fingerprint density at radius 2 is 1.90 bits per heavy atom. The molecule has 0 radical (unpaired) electrons. The predicted octanol–water partition coefficient (Wildman–Crippen LogP) is 3.49. The summed E-state index contributed by atoms with van der Waals surface area (Å²) in [5, 5.41) is 0. The first-order valence-corrected chi connectivity index (χ1v) is 5.92. The van der Waals surface area contributed by atoms with Crippen LogP contribution in [0.3, 0.4) is 0 Å². The lowest BCUT2D eigenvalue weighted by Crippen LogP contribution is -2.17. The molecule has 0 aliphatic carbocycles. The molecule has 0 spiro atoms. The maximum absolute atomic E-state index is 12.9. The first-order valence-electron chi connectivity index (χ1n) is 5.92. The smallest absolute Gasteiger partial charge is 0.416 e. The average molecular weight is 285 g/mol. The van der Waals surface area contributed by atoms with E-state index in [0.29, 0.717) is 5.76 Å². The highest BCUT2D eigenvalue weighted by atomic mass is 19.4. The van der Waals surface area contributed by atoms with Crippen molar-refractivity contribution in [3.05, 3.63) is 59.0 Å². The van der Waals surface area contributed by atoms with Gasteiger partial charge < -0.3 is 14.9 Å². The van der Waals surface area contributed by atoms with Gasteiger partial charge in [-0.05, 0) is 23.8 Å². The Kier molecular flexibility index (Phi) is 4.15. The number of nitrogens with two attached hydrogens (primary N) is 1. The maximum atomic E-state index is 12.9. The van der Waals surface area contributed by atoms with Gasteiger partial charge in [0.1, 0.15) is 18.1 Å². The molecule has 2 N–H and O–H groups in total. The molecule has 2 aromatic rings. The van der Waals surface area contributed by atoms with Gasteiger partial charge in [0, 0.05) is 7.11 Å². The van der Waals surface area contributed by atoms with Crippen LogP contribution < -0.4 is 5.73 Å². The monoisotopic (exact) mass is 285 g/mol. The van der Waals surface area contributed by atoms with E-state index in [2.05, 4.69) is 0 Å². The van der Waals surface area contributed by atoms with Crippen LogP contribution in [-0.2, 0) is 17.5 Å². The fraction of sp³-hybridized carbons (Fsp3) is 0.286. The highest BCUT2D eigenvalue weighted by molar-refractivity contribution is 5.36. The third-order valence-corrected chi connectivity index (χ3v) is 2.88. The first-order chi connectivity index (χ1) is 9.43. The van der Waals surface area contributed by atoms with Crippen molar-refractivity contribution in [2.45, 2.75) is 18.8 Å². The van der Waals surface area contributed by atoms with Crippen molar-refractivity contribution in [3.8, 4) is 0 Å². The van der Waals surface area contributed by atoms with E-state index >= 15 is 0 Å². The Morgan fingerprint density at radius 1 is 1.20 bits per heavy atom. The van der Waals surface area contributed by atoms with Crippen molar-refractivity contribution in [2.75, 3.05) is 7.11 Å². The number of methoxy groups -OCH3 is 1. The largest absolute Gasteiger partial charge is 0.462 e. The van der Waals surface area contributed by atoms with Gasteiger partial charge in [0.25, 0.3) is 0 Å². The molecule has 2 rings (SSSR count). The molecule has 0 fully saturated rings. The summed E-state index contributed by atoms with van der Waals surface area (Å²) < 4.78 is 49.1. The van der Waals surface area contributed by atoms with Gasteiger partial charge in [-0.15, -0.1) is 0 Å². The molecule has 1 aromatic carbocycles. The number of alkyl halides is 3. The summed E-state index contributed by atoms with van der Waals surface area (Å²) in [6, 6.07) is 7.43. The summed E-state index contributed by atoms with van der Waals surface area (Å²) in [5.74, 6) is 0.788. The molecule has 0 aliphatic rings. The third-order valence-electron chi connectivity index (χ3n) is 2.88. The van der Waals surface area contributed by atoms with Crippen molar-refractivity contribution in [1.29, 1.82) is 0 Å². The minimum Gasteiger partial charge on any atom is -0.462 e. The molecule has 6 heteroatoms. The number of rotatable bonds is 4. The topological polar surface area (TPSA) is 48.4 Å². The lowest BCUT2D eigenvalue weighted by atomic mass is 9.99. The van der Waals surface area contributed by atoms with E-state index in [1.165, 1.54) is 25.3 Å². The van der Waals surface area contributed by atoms with E-state index in [4.69, 9.17) is 14.9 Å². The molecule has 0 bridgehead atoms. The summed E-state index contributed by atoms with van der Waals surface area (Å²) in [6.45, 7) is 0.244. The van der Waals surface area contributed by atoms with E-state index in [1.807, 2.05) is 0 Å². The summed E-state index contributed by atoms with van der Waals surface area (Å²) in [7, 11) is 1.50. The fourth-order valence-electron chi connectivity index (χ4n) is 1.96. The standard InChI is InChI=1S/C14H14F3NO2/c1-19-8-9-6-7-12(20-9)13(18)10-4-2-3-5-11(10)14(15,16)17/h2-7,13H,8,18H2,1H3. The van der Waals surface area contributed by atoms with Gasteiger partial charge in [-0.3, -0.25) is 0 Å². The Hall–Kier alpha value is -1.79. The van der Waals surface area contributed by atoms with E-state index in [-0.39, 0.29) is 17.9 Å². The lowest BCUT2D eigenvalue weighted by molar-refractivity contribution is -0.138. The van der Waals surface area contributed by atoms with Crippen molar-refractivity contribution >= 4 is 0 Å².